The predicted octanol–water partition coefficient (Wildman–Crippen LogP) is 2.60. The van der Waals surface area contributed by atoms with Crippen LogP contribution in [0.3, 0.4) is 0 Å². The number of sulfonamides is 1. The van der Waals surface area contributed by atoms with Crippen molar-refractivity contribution in [2.45, 2.75) is 43.7 Å². The molecule has 0 aliphatic heterocycles. The number of benzene rings is 2. The number of carboxylic acids is 1. The standard InChI is InChI=1S/C30H30F2N6O7S/c1-30(2,3)35-27(40)23-10-9-20(16-33-23)46(44,45)36-18-14-21(31)26(22(32)15-18)28(41)34-24(29(42)43)13-17-5-7-19(8-6-17)38-25(39)11-12-37(38)4/h5-12,14-16,24,36H,13H2,1-4H3,(H,34,41)(H,35,40)(H,42,43)/t24-/m0/s1. The summed E-state index contributed by atoms with van der Waals surface area (Å²) in [5.74, 6) is -6.30. The number of hydrogen-bond acceptors (Lipinski definition) is 7. The average molecular weight is 657 g/mol. The van der Waals surface area contributed by atoms with E-state index in [9.17, 15) is 41.5 Å². The zero-order valence-corrected chi connectivity index (χ0v) is 25.9. The Hall–Kier alpha value is -5.38. The van der Waals surface area contributed by atoms with E-state index in [1.165, 1.54) is 16.8 Å². The third kappa shape index (κ3) is 7.82. The smallest absolute Gasteiger partial charge is 0.326 e. The molecule has 4 rings (SSSR count). The van der Waals surface area contributed by atoms with Gasteiger partial charge in [-0.05, 0) is 62.7 Å². The first-order chi connectivity index (χ1) is 21.4. The third-order valence-corrected chi connectivity index (χ3v) is 7.84. The Labute approximate surface area is 261 Å². The molecule has 2 heterocycles. The number of pyridine rings is 1. The van der Waals surface area contributed by atoms with Crippen LogP contribution in [0.25, 0.3) is 5.69 Å². The molecule has 0 bridgehead atoms. The molecule has 0 aliphatic rings. The first kappa shape index (κ1) is 33.5. The van der Waals surface area contributed by atoms with Crippen LogP contribution in [0.5, 0.6) is 0 Å². The lowest BCUT2D eigenvalue weighted by atomic mass is 10.0. The minimum atomic E-state index is -4.42. The van der Waals surface area contributed by atoms with Gasteiger partial charge >= 0.3 is 5.97 Å². The number of rotatable bonds is 10. The van der Waals surface area contributed by atoms with Gasteiger partial charge in [0.25, 0.3) is 27.4 Å². The third-order valence-electron chi connectivity index (χ3n) is 6.47. The highest BCUT2D eigenvalue weighted by molar-refractivity contribution is 7.92. The van der Waals surface area contributed by atoms with E-state index < -0.39 is 67.2 Å². The van der Waals surface area contributed by atoms with Crippen molar-refractivity contribution in [3.63, 3.8) is 0 Å². The number of aromatic nitrogens is 3. The first-order valence-corrected chi connectivity index (χ1v) is 15.1. The van der Waals surface area contributed by atoms with Crippen LogP contribution < -0.4 is 20.9 Å². The highest BCUT2D eigenvalue weighted by Crippen LogP contribution is 2.22. The highest BCUT2D eigenvalue weighted by atomic mass is 32.2. The van der Waals surface area contributed by atoms with E-state index in [2.05, 4.69) is 15.6 Å². The molecule has 2 aromatic heterocycles. The van der Waals surface area contributed by atoms with Crippen molar-refractivity contribution >= 4 is 33.5 Å². The number of aryl methyl sites for hydroxylation is 1. The maximum atomic E-state index is 15.0. The number of carbonyl (C=O) groups is 3. The van der Waals surface area contributed by atoms with Crippen LogP contribution in [0.1, 0.15) is 47.2 Å². The molecule has 0 aliphatic carbocycles. The molecular formula is C30H30F2N6O7S. The van der Waals surface area contributed by atoms with E-state index in [0.717, 1.165) is 12.3 Å². The molecule has 2 aromatic carbocycles. The molecule has 4 N–H and O–H groups in total. The molecule has 0 spiro atoms. The summed E-state index contributed by atoms with van der Waals surface area (Å²) < 4.78 is 60.5. The maximum Gasteiger partial charge on any atom is 0.326 e. The van der Waals surface area contributed by atoms with Gasteiger partial charge in [-0.2, -0.15) is 0 Å². The molecule has 2 amide bonds. The lowest BCUT2D eigenvalue weighted by Crippen LogP contribution is -2.43. The maximum absolute atomic E-state index is 15.0. The van der Waals surface area contributed by atoms with Crippen LogP contribution in [-0.2, 0) is 28.3 Å². The summed E-state index contributed by atoms with van der Waals surface area (Å²) in [6.07, 6.45) is 2.21. The van der Waals surface area contributed by atoms with E-state index in [1.807, 2.05) is 4.72 Å². The summed E-state index contributed by atoms with van der Waals surface area (Å²) in [7, 11) is -2.76. The van der Waals surface area contributed by atoms with Crippen molar-refractivity contribution in [2.24, 2.45) is 7.05 Å². The summed E-state index contributed by atoms with van der Waals surface area (Å²) in [4.78, 5) is 52.4. The topological polar surface area (TPSA) is 181 Å². The summed E-state index contributed by atoms with van der Waals surface area (Å²) in [6, 6.07) is 9.40. The van der Waals surface area contributed by atoms with Gasteiger partial charge in [0.05, 0.1) is 11.4 Å². The van der Waals surface area contributed by atoms with Gasteiger partial charge in [0.1, 0.15) is 33.8 Å². The SMILES string of the molecule is Cn1ccc(=O)n1-c1ccc(C[C@H](NC(=O)c2c(F)cc(NS(=O)(=O)c3ccc(C(=O)NC(C)(C)C)nc3)cc2F)C(=O)O)cc1. The molecule has 0 saturated carbocycles. The van der Waals surface area contributed by atoms with Crippen molar-refractivity contribution in [3.8, 4) is 5.69 Å². The minimum absolute atomic E-state index is 0.0537. The number of halogens is 2. The Morgan fingerprint density at radius 3 is 2.11 bits per heavy atom. The monoisotopic (exact) mass is 656 g/mol. The molecule has 242 valence electrons. The Bertz CT molecular complexity index is 1940. The normalized spacial score (nSPS) is 12.3. The molecule has 46 heavy (non-hydrogen) atoms. The summed E-state index contributed by atoms with van der Waals surface area (Å²) in [5.41, 5.74) is -1.62. The second-order valence-corrected chi connectivity index (χ2v) is 13.0. The molecule has 0 saturated heterocycles. The van der Waals surface area contributed by atoms with E-state index in [-0.39, 0.29) is 17.7 Å². The molecule has 0 unspecified atom stereocenters. The second kappa shape index (κ2) is 12.9. The van der Waals surface area contributed by atoms with Crippen LogP contribution in [0.15, 0.2) is 76.7 Å². The zero-order chi connectivity index (χ0) is 34.0. The van der Waals surface area contributed by atoms with E-state index in [4.69, 9.17) is 0 Å². The quantitative estimate of drug-likeness (QED) is 0.201. The van der Waals surface area contributed by atoms with Crippen LogP contribution in [0.2, 0.25) is 0 Å². The fourth-order valence-electron chi connectivity index (χ4n) is 4.35. The van der Waals surface area contributed by atoms with Crippen molar-refractivity contribution in [1.29, 1.82) is 0 Å². The number of nitrogens with one attached hydrogen (secondary N) is 3. The number of anilines is 1. The number of hydrogen-bond donors (Lipinski definition) is 4. The Balaban J connectivity index is 1.47. The van der Waals surface area contributed by atoms with E-state index in [1.54, 1.807) is 63.0 Å². The molecule has 0 fully saturated rings. The van der Waals surface area contributed by atoms with Gasteiger partial charge in [0.2, 0.25) is 0 Å². The van der Waals surface area contributed by atoms with Crippen molar-refractivity contribution in [3.05, 3.63) is 106 Å². The lowest BCUT2D eigenvalue weighted by Gasteiger charge is -2.20. The molecule has 13 nitrogen and oxygen atoms in total. The average Bonchev–Trinajstić information content (AvgIpc) is 3.29. The van der Waals surface area contributed by atoms with E-state index >= 15 is 0 Å². The highest BCUT2D eigenvalue weighted by Gasteiger charge is 2.27. The van der Waals surface area contributed by atoms with Gasteiger partial charge in [0.15, 0.2) is 0 Å². The number of carboxylic acid groups (broad SMARTS) is 1. The predicted molar refractivity (Wildman–Crippen MR) is 162 cm³/mol. The van der Waals surface area contributed by atoms with Gasteiger partial charge in [-0.1, -0.05) is 12.1 Å². The number of amides is 2. The first-order valence-electron chi connectivity index (χ1n) is 13.6. The summed E-state index contributed by atoms with van der Waals surface area (Å²) in [6.45, 7) is 5.26. The summed E-state index contributed by atoms with van der Waals surface area (Å²) >= 11 is 0. The fraction of sp³-hybridized carbons (Fsp3) is 0.233. The molecular weight excluding hydrogens is 626 g/mol. The van der Waals surface area contributed by atoms with Crippen molar-refractivity contribution in [2.75, 3.05) is 4.72 Å². The van der Waals surface area contributed by atoms with Crippen LogP contribution in [0, 0.1) is 11.6 Å². The molecule has 16 heteroatoms. The number of aliphatic carboxylic acids is 1. The molecule has 0 radical (unpaired) electrons. The van der Waals surface area contributed by atoms with Gasteiger partial charge in [-0.15, -0.1) is 0 Å². The van der Waals surface area contributed by atoms with Gasteiger partial charge in [0, 0.05) is 37.5 Å². The van der Waals surface area contributed by atoms with Gasteiger partial charge in [-0.25, -0.2) is 31.7 Å². The zero-order valence-electron chi connectivity index (χ0n) is 25.0. The second-order valence-electron chi connectivity index (χ2n) is 11.3. The van der Waals surface area contributed by atoms with Crippen molar-refractivity contribution < 1.29 is 36.7 Å². The van der Waals surface area contributed by atoms with E-state index in [0.29, 0.717) is 23.4 Å². The molecule has 4 aromatic rings. The van der Waals surface area contributed by atoms with Crippen molar-refractivity contribution in [1.82, 2.24) is 25.0 Å². The largest absolute Gasteiger partial charge is 0.480 e. The Kier molecular flexibility index (Phi) is 9.42. The number of carbonyl (C=O) groups excluding carboxylic acids is 2. The Morgan fingerprint density at radius 2 is 1.61 bits per heavy atom. The summed E-state index contributed by atoms with van der Waals surface area (Å²) in [5, 5.41) is 14.4. The number of nitrogens with zero attached hydrogens (tertiary/aromatic N) is 3. The lowest BCUT2D eigenvalue weighted by molar-refractivity contribution is -0.139. The van der Waals surface area contributed by atoms with Crippen LogP contribution >= 0.6 is 0 Å². The minimum Gasteiger partial charge on any atom is -0.480 e. The van der Waals surface area contributed by atoms with Crippen LogP contribution in [0.4, 0.5) is 14.5 Å². The van der Waals surface area contributed by atoms with Gasteiger partial charge in [-0.3, -0.25) is 23.8 Å². The molecule has 1 atom stereocenters. The fourth-order valence-corrected chi connectivity index (χ4v) is 5.34. The van der Waals surface area contributed by atoms with Gasteiger partial charge < -0.3 is 15.7 Å². The van der Waals surface area contributed by atoms with Crippen LogP contribution in [-0.4, -0.2) is 57.2 Å². The Morgan fingerprint density at radius 1 is 0.978 bits per heavy atom.